The van der Waals surface area contributed by atoms with Crippen molar-refractivity contribution < 1.29 is 14.3 Å². The molecule has 1 saturated carbocycles. The predicted molar refractivity (Wildman–Crippen MR) is 123 cm³/mol. The molecule has 7 nitrogen and oxygen atoms in total. The first-order valence-electron chi connectivity index (χ1n) is 11.9. The number of nitrogens with zero attached hydrogens (tertiary/aromatic N) is 4. The van der Waals surface area contributed by atoms with Gasteiger partial charge in [0.1, 0.15) is 5.01 Å². The summed E-state index contributed by atoms with van der Waals surface area (Å²) >= 11 is 1.48. The number of aromatic nitrogens is 2. The van der Waals surface area contributed by atoms with Crippen molar-refractivity contribution in [3.63, 3.8) is 0 Å². The summed E-state index contributed by atoms with van der Waals surface area (Å²) in [5, 5.41) is 10.3. The van der Waals surface area contributed by atoms with Crippen LogP contribution in [0.5, 0.6) is 0 Å². The molecule has 1 unspecified atom stereocenters. The first-order chi connectivity index (χ1) is 15.1. The van der Waals surface area contributed by atoms with E-state index in [1.807, 2.05) is 17.9 Å². The molecular formula is C23H36N4O3S. The number of carbonyl (C=O) groups is 2. The van der Waals surface area contributed by atoms with Gasteiger partial charge in [-0.05, 0) is 39.0 Å². The largest absolute Gasteiger partial charge is 0.441 e. The average molecular weight is 449 g/mol. The number of esters is 1. The second-order valence-corrected chi connectivity index (χ2v) is 9.43. The van der Waals surface area contributed by atoms with E-state index < -0.39 is 6.23 Å². The Balaban J connectivity index is 1.71. The van der Waals surface area contributed by atoms with E-state index in [2.05, 4.69) is 23.2 Å². The van der Waals surface area contributed by atoms with Crippen molar-refractivity contribution in [2.75, 3.05) is 18.0 Å². The summed E-state index contributed by atoms with van der Waals surface area (Å²) in [6.45, 7) is 5.39. The summed E-state index contributed by atoms with van der Waals surface area (Å²) in [4.78, 5) is 29.2. The van der Waals surface area contributed by atoms with Crippen molar-refractivity contribution in [1.82, 2.24) is 15.1 Å². The molecule has 0 N–H and O–H groups in total. The lowest BCUT2D eigenvalue weighted by atomic mass is 10.1. The van der Waals surface area contributed by atoms with E-state index in [-0.39, 0.29) is 12.0 Å². The van der Waals surface area contributed by atoms with Gasteiger partial charge in [0.05, 0.1) is 0 Å². The molecule has 1 aliphatic heterocycles. The molecular weight excluding hydrogens is 412 g/mol. The lowest BCUT2D eigenvalue weighted by Crippen LogP contribution is -2.56. The molecule has 2 aliphatic rings. The van der Waals surface area contributed by atoms with Gasteiger partial charge in [-0.15, -0.1) is 10.2 Å². The van der Waals surface area contributed by atoms with Gasteiger partial charge in [-0.25, -0.2) is 9.69 Å². The normalized spacial score (nSPS) is 20.2. The number of urea groups is 1. The van der Waals surface area contributed by atoms with E-state index in [9.17, 15) is 9.59 Å². The Kier molecular flexibility index (Phi) is 9.31. The fourth-order valence-electron chi connectivity index (χ4n) is 4.25. The van der Waals surface area contributed by atoms with Gasteiger partial charge in [0.25, 0.3) is 0 Å². The fraction of sp³-hybridized carbons (Fsp3) is 0.739. The number of rotatable bonds is 11. The molecule has 0 radical (unpaired) electrons. The van der Waals surface area contributed by atoms with Gasteiger partial charge in [-0.1, -0.05) is 56.1 Å². The van der Waals surface area contributed by atoms with E-state index in [1.165, 1.54) is 24.2 Å². The van der Waals surface area contributed by atoms with Crippen molar-refractivity contribution in [2.24, 2.45) is 0 Å². The third-order valence-corrected chi connectivity index (χ3v) is 7.12. The maximum Gasteiger partial charge on any atom is 0.329 e. The SMILES string of the molecule is CC=CCCCN1CCC(OC(=O)CCCCC)N(c2nnc(C3CCCC3)s2)C1=O. The van der Waals surface area contributed by atoms with Crippen molar-refractivity contribution in [3.05, 3.63) is 17.2 Å². The predicted octanol–water partition coefficient (Wildman–Crippen LogP) is 5.63. The molecule has 0 bridgehead atoms. The van der Waals surface area contributed by atoms with Crippen molar-refractivity contribution >= 4 is 28.5 Å². The Morgan fingerprint density at radius 3 is 2.74 bits per heavy atom. The third-order valence-electron chi connectivity index (χ3n) is 6.04. The van der Waals surface area contributed by atoms with Crippen LogP contribution in [-0.4, -0.2) is 46.4 Å². The zero-order valence-electron chi connectivity index (χ0n) is 18.9. The van der Waals surface area contributed by atoms with Crippen LogP contribution in [0.25, 0.3) is 0 Å². The van der Waals surface area contributed by atoms with E-state index >= 15 is 0 Å². The van der Waals surface area contributed by atoms with Crippen LogP contribution in [0.3, 0.4) is 0 Å². The van der Waals surface area contributed by atoms with Crippen molar-refractivity contribution in [3.8, 4) is 0 Å². The third kappa shape index (κ3) is 6.51. The molecule has 8 heteroatoms. The van der Waals surface area contributed by atoms with Gasteiger partial charge in [-0.3, -0.25) is 4.79 Å². The standard InChI is InChI=1S/C23H36N4O3S/c1-3-5-7-11-16-26-17-15-19(30-20(28)14-8-6-4-2)27(23(26)29)22-25-24-21(31-22)18-12-9-10-13-18/h3,5,18-19H,4,6-17H2,1-2H3. The highest BCUT2D eigenvalue weighted by molar-refractivity contribution is 7.15. The molecule has 31 heavy (non-hydrogen) atoms. The fourth-order valence-corrected chi connectivity index (χ4v) is 5.30. The molecule has 1 atom stereocenters. The number of allylic oxidation sites excluding steroid dienone is 2. The smallest absolute Gasteiger partial charge is 0.329 e. The second-order valence-electron chi connectivity index (χ2n) is 8.45. The number of unbranched alkanes of at least 4 members (excludes halogenated alkanes) is 3. The number of ether oxygens (including phenoxy) is 1. The molecule has 2 amide bonds. The number of anilines is 1. The maximum absolute atomic E-state index is 13.4. The summed E-state index contributed by atoms with van der Waals surface area (Å²) in [7, 11) is 0. The van der Waals surface area contributed by atoms with Crippen LogP contribution in [0.2, 0.25) is 0 Å². The average Bonchev–Trinajstić information content (AvgIpc) is 3.45. The molecule has 172 valence electrons. The summed E-state index contributed by atoms with van der Waals surface area (Å²) in [5.74, 6) is 0.205. The summed E-state index contributed by atoms with van der Waals surface area (Å²) < 4.78 is 5.77. The number of hydrogen-bond donors (Lipinski definition) is 0. The highest BCUT2D eigenvalue weighted by Gasteiger charge is 2.39. The van der Waals surface area contributed by atoms with Gasteiger partial charge in [0.15, 0.2) is 6.23 Å². The van der Waals surface area contributed by atoms with Crippen LogP contribution in [0.4, 0.5) is 9.93 Å². The molecule has 2 fully saturated rings. The molecule has 2 heterocycles. The monoisotopic (exact) mass is 448 g/mol. The molecule has 0 aromatic carbocycles. The van der Waals surface area contributed by atoms with Gasteiger partial charge >= 0.3 is 12.0 Å². The number of amides is 2. The van der Waals surface area contributed by atoms with Crippen molar-refractivity contribution in [1.29, 1.82) is 0 Å². The molecule has 1 aromatic rings. The Bertz CT molecular complexity index is 745. The quantitative estimate of drug-likeness (QED) is 0.249. The number of hydrogen-bond acceptors (Lipinski definition) is 6. The van der Waals surface area contributed by atoms with Crippen LogP contribution in [0.15, 0.2) is 12.2 Å². The Morgan fingerprint density at radius 2 is 2.00 bits per heavy atom. The Labute approximate surface area is 189 Å². The second kappa shape index (κ2) is 12.2. The Hall–Kier alpha value is -1.96. The molecule has 0 spiro atoms. The summed E-state index contributed by atoms with van der Waals surface area (Å²) in [6, 6.07) is -0.132. The van der Waals surface area contributed by atoms with Gasteiger partial charge < -0.3 is 9.64 Å². The zero-order valence-corrected chi connectivity index (χ0v) is 19.7. The van der Waals surface area contributed by atoms with Crippen LogP contribution in [-0.2, 0) is 9.53 Å². The highest BCUT2D eigenvalue weighted by atomic mass is 32.1. The lowest BCUT2D eigenvalue weighted by molar-refractivity contribution is -0.149. The van der Waals surface area contributed by atoms with Gasteiger partial charge in [0.2, 0.25) is 5.13 Å². The van der Waals surface area contributed by atoms with Crippen LogP contribution in [0, 0.1) is 0 Å². The van der Waals surface area contributed by atoms with Crippen LogP contribution >= 0.6 is 11.3 Å². The lowest BCUT2D eigenvalue weighted by Gasteiger charge is -2.39. The number of carbonyl (C=O) groups excluding carboxylic acids is 2. The van der Waals surface area contributed by atoms with Crippen LogP contribution < -0.4 is 4.90 Å². The molecule has 1 aliphatic carbocycles. The van der Waals surface area contributed by atoms with Gasteiger partial charge in [-0.2, -0.15) is 0 Å². The van der Waals surface area contributed by atoms with E-state index in [0.717, 1.165) is 50.0 Å². The minimum atomic E-state index is -0.599. The molecule has 1 aromatic heterocycles. The Morgan fingerprint density at radius 1 is 1.19 bits per heavy atom. The summed E-state index contributed by atoms with van der Waals surface area (Å²) in [5.41, 5.74) is 0. The maximum atomic E-state index is 13.4. The highest BCUT2D eigenvalue weighted by Crippen LogP contribution is 2.38. The van der Waals surface area contributed by atoms with E-state index in [0.29, 0.717) is 37.0 Å². The van der Waals surface area contributed by atoms with E-state index in [1.54, 1.807) is 4.90 Å². The first-order valence-corrected chi connectivity index (χ1v) is 12.7. The zero-order chi connectivity index (χ0) is 22.1. The first kappa shape index (κ1) is 23.7. The minimum absolute atomic E-state index is 0.132. The van der Waals surface area contributed by atoms with Crippen molar-refractivity contribution in [2.45, 2.75) is 96.6 Å². The topological polar surface area (TPSA) is 75.6 Å². The van der Waals surface area contributed by atoms with Gasteiger partial charge in [0, 0.05) is 31.8 Å². The van der Waals surface area contributed by atoms with Crippen LogP contribution in [0.1, 0.15) is 95.4 Å². The molecule has 3 rings (SSSR count). The minimum Gasteiger partial charge on any atom is -0.441 e. The summed E-state index contributed by atoms with van der Waals surface area (Å²) in [6.07, 6.45) is 14.0. The molecule has 1 saturated heterocycles. The van der Waals surface area contributed by atoms with E-state index in [4.69, 9.17) is 4.74 Å².